The number of halogens is 1. The molecule has 0 radical (unpaired) electrons. The monoisotopic (exact) mass is 379 g/mol. The van der Waals surface area contributed by atoms with Crippen LogP contribution >= 0.6 is 22.9 Å². The Hall–Kier alpha value is -2.25. The molecular formula is C17H18ClN3O3S. The van der Waals surface area contributed by atoms with Gasteiger partial charge in [0.1, 0.15) is 11.1 Å². The van der Waals surface area contributed by atoms with Crippen molar-refractivity contribution in [2.24, 2.45) is 0 Å². The first-order valence-electron chi connectivity index (χ1n) is 7.49. The molecule has 1 unspecified atom stereocenters. The van der Waals surface area contributed by atoms with E-state index in [4.69, 9.17) is 11.6 Å². The van der Waals surface area contributed by atoms with E-state index in [1.54, 1.807) is 29.6 Å². The van der Waals surface area contributed by atoms with Crippen LogP contribution in [0.5, 0.6) is 0 Å². The number of anilines is 1. The number of ketones is 1. The van der Waals surface area contributed by atoms with Crippen LogP contribution < -0.4 is 10.6 Å². The number of thiophene rings is 1. The molecule has 1 aliphatic rings. The van der Waals surface area contributed by atoms with Crippen LogP contribution in [-0.4, -0.2) is 28.6 Å². The summed E-state index contributed by atoms with van der Waals surface area (Å²) >= 11 is 7.12. The third-order valence-electron chi connectivity index (χ3n) is 3.20. The van der Waals surface area contributed by atoms with Gasteiger partial charge < -0.3 is 10.6 Å². The van der Waals surface area contributed by atoms with Crippen LogP contribution in [0.25, 0.3) is 0 Å². The Kier molecular flexibility index (Phi) is 5.92. The highest BCUT2D eigenvalue weighted by atomic mass is 35.5. The molecular weight excluding hydrogens is 362 g/mol. The summed E-state index contributed by atoms with van der Waals surface area (Å²) in [6.07, 6.45) is 0.708. The first-order chi connectivity index (χ1) is 11.7. The van der Waals surface area contributed by atoms with Gasteiger partial charge in [0.25, 0.3) is 0 Å². The van der Waals surface area contributed by atoms with Crippen molar-refractivity contribution in [3.8, 4) is 0 Å². The number of rotatable bonds is 3. The number of amides is 2. The van der Waals surface area contributed by atoms with Crippen LogP contribution in [-0.2, 0) is 9.59 Å². The zero-order valence-electron chi connectivity index (χ0n) is 14.0. The Labute approximate surface area is 154 Å². The molecule has 25 heavy (non-hydrogen) atoms. The Morgan fingerprint density at radius 1 is 1.36 bits per heavy atom. The minimum Gasteiger partial charge on any atom is -0.354 e. The standard InChI is InChI=1S/C12H7ClN2O2S.C5H11NO/c13-8-4-3-6-10(15-8)9(12(17)14-6)11(16)7-2-1-5-18-7;1-5(2,3)6-4-7/h1-5,9H,(H,14,17);4H,1-3H3,(H,6,7). The van der Waals surface area contributed by atoms with Gasteiger partial charge in [-0.2, -0.15) is 0 Å². The molecule has 2 aromatic heterocycles. The lowest BCUT2D eigenvalue weighted by atomic mass is 10.00. The maximum atomic E-state index is 12.3. The highest BCUT2D eigenvalue weighted by Crippen LogP contribution is 2.34. The highest BCUT2D eigenvalue weighted by molar-refractivity contribution is 7.12. The number of nitrogens with one attached hydrogen (secondary N) is 2. The summed E-state index contributed by atoms with van der Waals surface area (Å²) in [4.78, 5) is 38.5. The van der Waals surface area contributed by atoms with Crippen LogP contribution in [0.15, 0.2) is 29.6 Å². The van der Waals surface area contributed by atoms with Gasteiger partial charge in [0.15, 0.2) is 5.78 Å². The second-order valence-corrected chi connectivity index (χ2v) is 7.68. The third kappa shape index (κ3) is 4.87. The van der Waals surface area contributed by atoms with Gasteiger partial charge in [-0.05, 0) is 44.4 Å². The Morgan fingerprint density at radius 2 is 2.08 bits per heavy atom. The molecule has 0 aromatic carbocycles. The summed E-state index contributed by atoms with van der Waals surface area (Å²) in [5.74, 6) is -1.48. The average molecular weight is 380 g/mol. The van der Waals surface area contributed by atoms with E-state index < -0.39 is 5.92 Å². The summed E-state index contributed by atoms with van der Waals surface area (Å²) in [5.41, 5.74) is 0.895. The van der Waals surface area contributed by atoms with E-state index in [-0.39, 0.29) is 22.4 Å². The van der Waals surface area contributed by atoms with Gasteiger partial charge in [-0.1, -0.05) is 17.7 Å². The predicted molar refractivity (Wildman–Crippen MR) is 98.2 cm³/mol. The lowest BCUT2D eigenvalue weighted by Gasteiger charge is -2.15. The van der Waals surface area contributed by atoms with Gasteiger partial charge in [0, 0.05) is 5.54 Å². The van der Waals surface area contributed by atoms with Crippen LogP contribution in [0.1, 0.15) is 42.1 Å². The van der Waals surface area contributed by atoms with E-state index >= 15 is 0 Å². The van der Waals surface area contributed by atoms with E-state index in [0.717, 1.165) is 0 Å². The van der Waals surface area contributed by atoms with Crippen LogP contribution in [0.4, 0.5) is 5.69 Å². The first kappa shape index (κ1) is 19.1. The summed E-state index contributed by atoms with van der Waals surface area (Å²) in [7, 11) is 0. The Bertz CT molecular complexity index is 785. The molecule has 2 amide bonds. The zero-order chi connectivity index (χ0) is 18.6. The van der Waals surface area contributed by atoms with Gasteiger partial charge in [-0.15, -0.1) is 11.3 Å². The van der Waals surface area contributed by atoms with Gasteiger partial charge in [0.2, 0.25) is 12.3 Å². The van der Waals surface area contributed by atoms with Crippen LogP contribution in [0.3, 0.4) is 0 Å². The normalized spacial score (nSPS) is 15.5. The minimum absolute atomic E-state index is 0.0677. The molecule has 2 N–H and O–H groups in total. The topological polar surface area (TPSA) is 88.2 Å². The molecule has 132 valence electrons. The summed E-state index contributed by atoms with van der Waals surface area (Å²) < 4.78 is 0. The molecule has 1 aliphatic heterocycles. The number of carbonyl (C=O) groups excluding carboxylic acids is 3. The lowest BCUT2D eigenvalue weighted by Crippen LogP contribution is -2.34. The van der Waals surface area contributed by atoms with Crippen molar-refractivity contribution < 1.29 is 14.4 Å². The van der Waals surface area contributed by atoms with Crippen LogP contribution in [0, 0.1) is 0 Å². The molecule has 0 spiro atoms. The summed E-state index contributed by atoms with van der Waals surface area (Å²) in [6, 6.07) is 6.71. The fraction of sp³-hybridized carbons (Fsp3) is 0.294. The molecule has 0 saturated heterocycles. The quantitative estimate of drug-likeness (QED) is 0.371. The highest BCUT2D eigenvalue weighted by Gasteiger charge is 2.38. The molecule has 0 bridgehead atoms. The molecule has 0 fully saturated rings. The third-order valence-corrected chi connectivity index (χ3v) is 4.30. The van der Waals surface area contributed by atoms with Crippen molar-refractivity contribution in [2.45, 2.75) is 32.2 Å². The zero-order valence-corrected chi connectivity index (χ0v) is 15.6. The van der Waals surface area contributed by atoms with E-state index in [2.05, 4.69) is 15.6 Å². The second-order valence-electron chi connectivity index (χ2n) is 6.34. The van der Waals surface area contributed by atoms with E-state index in [9.17, 15) is 14.4 Å². The van der Waals surface area contributed by atoms with Crippen LogP contribution in [0.2, 0.25) is 5.15 Å². The predicted octanol–water partition coefficient (Wildman–Crippen LogP) is 3.25. The van der Waals surface area contributed by atoms with Crippen molar-refractivity contribution in [1.82, 2.24) is 10.3 Å². The van der Waals surface area contributed by atoms with Crippen molar-refractivity contribution in [1.29, 1.82) is 0 Å². The lowest BCUT2D eigenvalue weighted by molar-refractivity contribution is -0.116. The molecule has 0 saturated carbocycles. The fourth-order valence-electron chi connectivity index (χ4n) is 2.09. The number of pyridine rings is 1. The van der Waals surface area contributed by atoms with E-state index in [1.165, 1.54) is 11.3 Å². The van der Waals surface area contributed by atoms with E-state index in [1.807, 2.05) is 20.8 Å². The Balaban J connectivity index is 0.000000277. The van der Waals surface area contributed by atoms with Gasteiger partial charge in [-0.3, -0.25) is 14.4 Å². The van der Waals surface area contributed by atoms with E-state index in [0.29, 0.717) is 22.7 Å². The van der Waals surface area contributed by atoms with Crippen molar-refractivity contribution in [3.05, 3.63) is 45.4 Å². The summed E-state index contributed by atoms with van der Waals surface area (Å²) in [6.45, 7) is 5.80. The molecule has 1 atom stereocenters. The molecule has 3 rings (SSSR count). The molecule has 6 nitrogen and oxygen atoms in total. The minimum atomic E-state index is -0.891. The first-order valence-corrected chi connectivity index (χ1v) is 8.75. The van der Waals surface area contributed by atoms with Crippen molar-refractivity contribution in [2.75, 3.05) is 5.32 Å². The smallest absolute Gasteiger partial charge is 0.241 e. The SMILES string of the molecule is CC(C)(C)NC=O.O=C1Nc2ccc(Cl)nc2C1C(=O)c1cccs1. The largest absolute Gasteiger partial charge is 0.354 e. The number of carbonyl (C=O) groups is 3. The fourth-order valence-corrected chi connectivity index (χ4v) is 2.93. The molecule has 8 heteroatoms. The number of aromatic nitrogens is 1. The maximum Gasteiger partial charge on any atom is 0.241 e. The van der Waals surface area contributed by atoms with Crippen molar-refractivity contribution in [3.63, 3.8) is 0 Å². The maximum absolute atomic E-state index is 12.3. The molecule has 3 heterocycles. The van der Waals surface area contributed by atoms with Crippen molar-refractivity contribution >= 4 is 46.7 Å². The number of hydrogen-bond acceptors (Lipinski definition) is 5. The van der Waals surface area contributed by atoms with Gasteiger partial charge >= 0.3 is 0 Å². The Morgan fingerprint density at radius 3 is 2.60 bits per heavy atom. The number of fused-ring (bicyclic) bond motifs is 1. The van der Waals surface area contributed by atoms with Gasteiger partial charge in [-0.25, -0.2) is 4.98 Å². The summed E-state index contributed by atoms with van der Waals surface area (Å²) in [5, 5.41) is 7.32. The molecule has 0 aliphatic carbocycles. The van der Waals surface area contributed by atoms with Gasteiger partial charge in [0.05, 0.1) is 16.3 Å². The second kappa shape index (κ2) is 7.76. The number of hydrogen-bond donors (Lipinski definition) is 2. The molecule has 2 aromatic rings. The number of nitrogens with zero attached hydrogens (tertiary/aromatic N) is 1. The number of Topliss-reactive ketones (excluding diaryl/α,β-unsaturated/α-hetero) is 1. The average Bonchev–Trinajstić information content (AvgIpc) is 3.13.